The number of aliphatic hydroxyl groups is 2. The number of carboxylic acid groups (broad SMARTS) is 2. The molecule has 0 bridgehead atoms. The first kappa shape index (κ1) is 28.2. The van der Waals surface area contributed by atoms with Crippen molar-refractivity contribution in [2.24, 2.45) is 0 Å². The van der Waals surface area contributed by atoms with Crippen LogP contribution < -0.4 is 5.32 Å². The van der Waals surface area contributed by atoms with E-state index in [0.29, 0.717) is 6.04 Å². The molecule has 0 saturated carbocycles. The molecule has 11 heteroatoms. The van der Waals surface area contributed by atoms with Crippen molar-refractivity contribution in [1.29, 1.82) is 0 Å². The van der Waals surface area contributed by atoms with Gasteiger partial charge in [-0.05, 0) is 56.0 Å². The molecule has 1 aromatic carbocycles. The highest BCUT2D eigenvalue weighted by atomic mass is 16.4. The van der Waals surface area contributed by atoms with E-state index in [0.717, 1.165) is 39.0 Å². The molecule has 1 aromatic heterocycles. The Hall–Kier alpha value is -3.41. The highest BCUT2D eigenvalue weighted by molar-refractivity contribution is 5.98. The minimum Gasteiger partial charge on any atom is -0.479 e. The molecule has 2 amide bonds. The van der Waals surface area contributed by atoms with E-state index in [-0.39, 0.29) is 12.1 Å². The molecule has 2 unspecified atom stereocenters. The molecule has 2 aromatic rings. The summed E-state index contributed by atoms with van der Waals surface area (Å²) in [6.45, 7) is 9.68. The van der Waals surface area contributed by atoms with E-state index in [1.807, 2.05) is 18.7 Å². The standard InChI is InChI=1S/C22H30N4O.C4H6O6/c1-4-10-26-14-16(24-22(27)25(5-2)6-3)12-18-17-8-7-9-19-21(17)15(13-23-19)11-20(18)26;5-1(3(7)8)2(6)4(9)10/h7-9,12-13,16,20,23H,4-6,10-11,14H2,1-3H3,(H,24,27);1-2,5-6H,(H,7,8)(H,9,10)/t16-,20+;/m0./s1. The summed E-state index contributed by atoms with van der Waals surface area (Å²) in [5.41, 5.74) is 5.31. The van der Waals surface area contributed by atoms with Gasteiger partial charge in [0.15, 0.2) is 12.2 Å². The number of aliphatic hydroxyl groups excluding tert-OH is 2. The first-order chi connectivity index (χ1) is 17.6. The van der Waals surface area contributed by atoms with E-state index in [1.165, 1.54) is 27.6 Å². The molecular formula is C26H36N4O7. The normalized spacial score (nSPS) is 20.1. The van der Waals surface area contributed by atoms with Gasteiger partial charge < -0.3 is 35.6 Å². The lowest BCUT2D eigenvalue weighted by Crippen LogP contribution is -2.54. The number of amides is 2. The fourth-order valence-corrected chi connectivity index (χ4v) is 4.98. The van der Waals surface area contributed by atoms with Gasteiger partial charge >= 0.3 is 18.0 Å². The zero-order chi connectivity index (χ0) is 27.3. The number of nitrogens with one attached hydrogen (secondary N) is 2. The third-order valence-corrected chi connectivity index (χ3v) is 6.80. The quantitative estimate of drug-likeness (QED) is 0.307. The summed E-state index contributed by atoms with van der Waals surface area (Å²) in [5.74, 6) is -3.54. The summed E-state index contributed by atoms with van der Waals surface area (Å²) in [7, 11) is 0. The van der Waals surface area contributed by atoms with Crippen molar-refractivity contribution in [3.8, 4) is 0 Å². The van der Waals surface area contributed by atoms with Gasteiger partial charge in [0.25, 0.3) is 0 Å². The molecule has 0 radical (unpaired) electrons. The maximum absolute atomic E-state index is 12.6. The third kappa shape index (κ3) is 6.12. The number of hydrogen-bond donors (Lipinski definition) is 6. The summed E-state index contributed by atoms with van der Waals surface area (Å²) in [5, 5.41) is 37.1. The minimum atomic E-state index is -2.27. The third-order valence-electron chi connectivity index (χ3n) is 6.80. The molecule has 11 nitrogen and oxygen atoms in total. The Morgan fingerprint density at radius 3 is 2.32 bits per heavy atom. The number of H-pyrrole nitrogens is 1. The number of carbonyl (C=O) groups is 3. The van der Waals surface area contributed by atoms with Gasteiger partial charge in [0, 0.05) is 42.8 Å². The molecule has 0 saturated heterocycles. The average molecular weight is 517 g/mol. The van der Waals surface area contributed by atoms with Crippen LogP contribution in [0.5, 0.6) is 0 Å². The number of aliphatic carboxylic acids is 2. The van der Waals surface area contributed by atoms with Crippen molar-refractivity contribution in [3.05, 3.63) is 41.6 Å². The summed E-state index contributed by atoms with van der Waals surface area (Å²) in [6, 6.07) is 7.00. The fourth-order valence-electron chi connectivity index (χ4n) is 4.98. The minimum absolute atomic E-state index is 0.0353. The van der Waals surface area contributed by atoms with Gasteiger partial charge in [-0.25, -0.2) is 14.4 Å². The van der Waals surface area contributed by atoms with Crippen LogP contribution in [0.2, 0.25) is 0 Å². The Bertz CT molecular complexity index is 1140. The van der Waals surface area contributed by atoms with Crippen molar-refractivity contribution in [2.75, 3.05) is 26.2 Å². The number of aromatic nitrogens is 1. The molecule has 4 rings (SSSR count). The van der Waals surface area contributed by atoms with Crippen LogP contribution in [0.3, 0.4) is 0 Å². The maximum atomic E-state index is 12.6. The highest BCUT2D eigenvalue weighted by Gasteiger charge is 2.35. The van der Waals surface area contributed by atoms with E-state index in [1.54, 1.807) is 0 Å². The van der Waals surface area contributed by atoms with Crippen LogP contribution in [0, 0.1) is 0 Å². The summed E-state index contributed by atoms with van der Waals surface area (Å²) < 4.78 is 0. The number of rotatable bonds is 8. The van der Waals surface area contributed by atoms with E-state index >= 15 is 0 Å². The van der Waals surface area contributed by atoms with Crippen LogP contribution >= 0.6 is 0 Å². The lowest BCUT2D eigenvalue weighted by Gasteiger charge is -2.42. The van der Waals surface area contributed by atoms with Crippen molar-refractivity contribution in [1.82, 2.24) is 20.1 Å². The second-order valence-electron chi connectivity index (χ2n) is 9.17. The molecule has 2 heterocycles. The fraction of sp³-hybridized carbons (Fsp3) is 0.500. The molecule has 1 aliphatic heterocycles. The largest absolute Gasteiger partial charge is 0.479 e. The zero-order valence-electron chi connectivity index (χ0n) is 21.3. The second kappa shape index (κ2) is 12.2. The molecule has 0 spiro atoms. The lowest BCUT2D eigenvalue weighted by molar-refractivity contribution is -0.165. The number of hydrogen-bond acceptors (Lipinski definition) is 6. The van der Waals surface area contributed by atoms with Crippen LogP contribution in [0.15, 0.2) is 30.5 Å². The van der Waals surface area contributed by atoms with E-state index in [4.69, 9.17) is 20.4 Å². The maximum Gasteiger partial charge on any atom is 0.335 e. The van der Waals surface area contributed by atoms with Gasteiger partial charge in [0.2, 0.25) is 0 Å². The van der Waals surface area contributed by atoms with Gasteiger partial charge in [-0.15, -0.1) is 0 Å². The first-order valence-corrected chi connectivity index (χ1v) is 12.5. The number of carboxylic acids is 2. The number of benzene rings is 1. The predicted octanol–water partition coefficient (Wildman–Crippen LogP) is 1.50. The van der Waals surface area contributed by atoms with Crippen molar-refractivity contribution >= 4 is 34.4 Å². The van der Waals surface area contributed by atoms with Gasteiger partial charge in [0.1, 0.15) is 0 Å². The SMILES string of the molecule is CCCN1C[C@@H](NC(=O)N(CC)CC)C=C2c3cccc4[nH]cc(c34)C[C@H]21.O=C(O)C(O)C(O)C(=O)O. The summed E-state index contributed by atoms with van der Waals surface area (Å²) in [6.07, 6.45) is 2.10. The molecular weight excluding hydrogens is 480 g/mol. The Kier molecular flexibility index (Phi) is 9.30. The van der Waals surface area contributed by atoms with Gasteiger partial charge in [-0.1, -0.05) is 25.1 Å². The zero-order valence-corrected chi connectivity index (χ0v) is 21.3. The van der Waals surface area contributed by atoms with Crippen LogP contribution in [0.1, 0.15) is 38.3 Å². The first-order valence-electron chi connectivity index (χ1n) is 12.5. The molecule has 1 aliphatic carbocycles. The van der Waals surface area contributed by atoms with Crippen LogP contribution in [-0.2, 0) is 16.0 Å². The molecule has 37 heavy (non-hydrogen) atoms. The van der Waals surface area contributed by atoms with Crippen LogP contribution in [0.25, 0.3) is 16.5 Å². The summed E-state index contributed by atoms with van der Waals surface area (Å²) >= 11 is 0. The van der Waals surface area contributed by atoms with Crippen molar-refractivity contribution in [3.63, 3.8) is 0 Å². The highest BCUT2D eigenvalue weighted by Crippen LogP contribution is 2.40. The number of nitrogens with zero attached hydrogens (tertiary/aromatic N) is 2. The molecule has 6 N–H and O–H groups in total. The second-order valence-corrected chi connectivity index (χ2v) is 9.17. The van der Waals surface area contributed by atoms with Gasteiger partial charge in [-0.3, -0.25) is 4.90 Å². The molecule has 4 atom stereocenters. The number of fused-ring (bicyclic) bond motifs is 2. The van der Waals surface area contributed by atoms with E-state index < -0.39 is 24.1 Å². The molecule has 2 aliphatic rings. The van der Waals surface area contributed by atoms with Crippen LogP contribution in [-0.4, -0.2) is 104 Å². The topological polar surface area (TPSA) is 166 Å². The number of carbonyl (C=O) groups excluding carboxylic acids is 1. The average Bonchev–Trinajstić information content (AvgIpc) is 3.29. The molecule has 202 valence electrons. The Balaban J connectivity index is 0.000000325. The van der Waals surface area contributed by atoms with Gasteiger partial charge in [-0.2, -0.15) is 0 Å². The smallest absolute Gasteiger partial charge is 0.335 e. The summed E-state index contributed by atoms with van der Waals surface area (Å²) in [4.78, 5) is 40.0. The molecule has 0 fully saturated rings. The number of urea groups is 1. The van der Waals surface area contributed by atoms with E-state index in [2.05, 4.69) is 52.6 Å². The van der Waals surface area contributed by atoms with Gasteiger partial charge in [0.05, 0.1) is 6.04 Å². The Morgan fingerprint density at radius 2 is 1.76 bits per heavy atom. The number of aromatic amines is 1. The van der Waals surface area contributed by atoms with Crippen molar-refractivity contribution in [2.45, 2.75) is 57.9 Å². The Morgan fingerprint density at radius 1 is 1.11 bits per heavy atom. The lowest BCUT2D eigenvalue weighted by atomic mass is 9.81. The monoisotopic (exact) mass is 516 g/mol. The van der Waals surface area contributed by atoms with Crippen LogP contribution in [0.4, 0.5) is 4.79 Å². The van der Waals surface area contributed by atoms with Crippen molar-refractivity contribution < 1.29 is 34.8 Å². The predicted molar refractivity (Wildman–Crippen MR) is 138 cm³/mol. The Labute approximate surface area is 215 Å². The van der Waals surface area contributed by atoms with E-state index in [9.17, 15) is 14.4 Å².